The first kappa shape index (κ1) is 13.2. The topological polar surface area (TPSA) is 56.7 Å². The summed E-state index contributed by atoms with van der Waals surface area (Å²) in [5.74, 6) is 0.933. The molecular formula is C13H17BrN4. The highest BCUT2D eigenvalue weighted by atomic mass is 79.9. The number of hydrogen-bond acceptors (Lipinski definition) is 3. The number of aryl methyl sites for hydroxylation is 2. The van der Waals surface area contributed by atoms with Gasteiger partial charge in [-0.15, -0.1) is 0 Å². The highest BCUT2D eigenvalue weighted by Crippen LogP contribution is 2.21. The van der Waals surface area contributed by atoms with E-state index in [1.54, 1.807) is 6.33 Å². The molecule has 18 heavy (non-hydrogen) atoms. The van der Waals surface area contributed by atoms with E-state index in [9.17, 15) is 0 Å². The minimum Gasteiger partial charge on any atom is -0.324 e. The summed E-state index contributed by atoms with van der Waals surface area (Å²) in [5.41, 5.74) is 8.56. The van der Waals surface area contributed by atoms with E-state index < -0.39 is 0 Å². The van der Waals surface area contributed by atoms with Crippen LogP contribution < -0.4 is 5.73 Å². The average Bonchev–Trinajstić information content (AvgIpc) is 2.75. The van der Waals surface area contributed by atoms with Crippen molar-refractivity contribution in [2.75, 3.05) is 0 Å². The summed E-state index contributed by atoms with van der Waals surface area (Å²) < 4.78 is 2.94. The van der Waals surface area contributed by atoms with Gasteiger partial charge in [-0.25, -0.2) is 4.98 Å². The maximum Gasteiger partial charge on any atom is 0.138 e. The monoisotopic (exact) mass is 308 g/mol. The quantitative estimate of drug-likeness (QED) is 0.944. The van der Waals surface area contributed by atoms with Crippen LogP contribution in [0.4, 0.5) is 0 Å². The smallest absolute Gasteiger partial charge is 0.138 e. The van der Waals surface area contributed by atoms with E-state index in [0.29, 0.717) is 6.42 Å². The Bertz CT molecular complexity index is 515. The summed E-state index contributed by atoms with van der Waals surface area (Å²) in [6.07, 6.45) is 2.28. The lowest BCUT2D eigenvalue weighted by Crippen LogP contribution is -2.17. The van der Waals surface area contributed by atoms with Crippen molar-refractivity contribution in [2.45, 2.75) is 32.9 Å². The molecule has 0 bridgehead atoms. The summed E-state index contributed by atoms with van der Waals surface area (Å²) in [7, 11) is 0. The fourth-order valence-electron chi connectivity index (χ4n) is 2.00. The van der Waals surface area contributed by atoms with Gasteiger partial charge >= 0.3 is 0 Å². The van der Waals surface area contributed by atoms with Crippen LogP contribution in [0.5, 0.6) is 0 Å². The van der Waals surface area contributed by atoms with Crippen LogP contribution in [0.25, 0.3) is 0 Å². The van der Waals surface area contributed by atoms with Gasteiger partial charge in [-0.1, -0.05) is 22.0 Å². The second kappa shape index (κ2) is 5.63. The molecule has 0 radical (unpaired) electrons. The second-order valence-electron chi connectivity index (χ2n) is 4.36. The van der Waals surface area contributed by atoms with Crippen molar-refractivity contribution in [3.63, 3.8) is 0 Å². The van der Waals surface area contributed by atoms with Crippen LogP contribution in [-0.4, -0.2) is 14.8 Å². The van der Waals surface area contributed by atoms with Crippen LogP contribution in [0, 0.1) is 6.92 Å². The Kier molecular flexibility index (Phi) is 4.14. The van der Waals surface area contributed by atoms with Crippen molar-refractivity contribution in [2.24, 2.45) is 5.73 Å². The van der Waals surface area contributed by atoms with Gasteiger partial charge in [0.15, 0.2) is 0 Å². The molecular weight excluding hydrogens is 292 g/mol. The molecule has 1 aromatic heterocycles. The van der Waals surface area contributed by atoms with E-state index in [0.717, 1.165) is 22.4 Å². The van der Waals surface area contributed by atoms with Gasteiger partial charge in [-0.2, -0.15) is 5.10 Å². The lowest BCUT2D eigenvalue weighted by atomic mass is 10.0. The molecule has 0 spiro atoms. The molecule has 2 rings (SSSR count). The highest BCUT2D eigenvalue weighted by molar-refractivity contribution is 9.10. The average molecular weight is 309 g/mol. The molecule has 1 atom stereocenters. The molecule has 2 aromatic rings. The van der Waals surface area contributed by atoms with E-state index in [1.165, 1.54) is 5.56 Å². The van der Waals surface area contributed by atoms with Crippen molar-refractivity contribution < 1.29 is 0 Å². The summed E-state index contributed by atoms with van der Waals surface area (Å²) >= 11 is 3.50. The first-order valence-electron chi connectivity index (χ1n) is 5.99. The molecule has 1 aromatic carbocycles. The minimum absolute atomic E-state index is 0.0595. The van der Waals surface area contributed by atoms with Gasteiger partial charge in [0.1, 0.15) is 12.2 Å². The van der Waals surface area contributed by atoms with Crippen molar-refractivity contribution in [1.82, 2.24) is 14.8 Å². The third kappa shape index (κ3) is 2.97. The molecule has 2 N–H and O–H groups in total. The zero-order valence-electron chi connectivity index (χ0n) is 10.6. The fourth-order valence-corrected chi connectivity index (χ4v) is 2.63. The number of rotatable bonds is 4. The zero-order valence-corrected chi connectivity index (χ0v) is 12.2. The van der Waals surface area contributed by atoms with Gasteiger partial charge in [0.2, 0.25) is 0 Å². The van der Waals surface area contributed by atoms with Gasteiger partial charge in [-0.05, 0) is 37.1 Å². The number of nitrogens with zero attached hydrogens (tertiary/aromatic N) is 3. The molecule has 0 aliphatic heterocycles. The van der Waals surface area contributed by atoms with Gasteiger partial charge in [0.05, 0.1) is 0 Å². The number of hydrogen-bond donors (Lipinski definition) is 1. The molecule has 96 valence electrons. The van der Waals surface area contributed by atoms with E-state index in [4.69, 9.17) is 5.73 Å². The first-order chi connectivity index (χ1) is 8.60. The highest BCUT2D eigenvalue weighted by Gasteiger charge is 2.12. The Morgan fingerprint density at radius 3 is 2.83 bits per heavy atom. The van der Waals surface area contributed by atoms with Crippen molar-refractivity contribution >= 4 is 15.9 Å². The standard InChI is InChI=1S/C13H17BrN4/c1-3-18-13(16-8-17-18)7-12(15)10-4-9(2)5-11(14)6-10/h4-6,8,12H,3,7,15H2,1-2H3. The summed E-state index contributed by atoms with van der Waals surface area (Å²) in [4.78, 5) is 4.26. The van der Waals surface area contributed by atoms with Gasteiger partial charge in [0, 0.05) is 23.5 Å². The zero-order chi connectivity index (χ0) is 13.1. The molecule has 0 saturated heterocycles. The van der Waals surface area contributed by atoms with Crippen LogP contribution in [0.1, 0.15) is 29.9 Å². The Morgan fingerprint density at radius 1 is 1.39 bits per heavy atom. The molecule has 1 unspecified atom stereocenters. The Morgan fingerprint density at radius 2 is 2.17 bits per heavy atom. The molecule has 0 aliphatic carbocycles. The summed E-state index contributed by atoms with van der Waals surface area (Å²) in [6, 6.07) is 6.19. The number of benzene rings is 1. The third-order valence-corrected chi connectivity index (χ3v) is 3.35. The first-order valence-corrected chi connectivity index (χ1v) is 6.78. The van der Waals surface area contributed by atoms with Crippen molar-refractivity contribution in [3.05, 3.63) is 46.0 Å². The minimum atomic E-state index is -0.0595. The molecule has 5 heteroatoms. The second-order valence-corrected chi connectivity index (χ2v) is 5.28. The van der Waals surface area contributed by atoms with Gasteiger partial charge < -0.3 is 5.73 Å². The van der Waals surface area contributed by atoms with E-state index in [1.807, 2.05) is 11.6 Å². The number of aromatic nitrogens is 3. The maximum absolute atomic E-state index is 6.25. The van der Waals surface area contributed by atoms with E-state index in [2.05, 4.69) is 51.1 Å². The Labute approximate surface area is 115 Å². The lowest BCUT2D eigenvalue weighted by molar-refractivity contribution is 0.581. The van der Waals surface area contributed by atoms with E-state index >= 15 is 0 Å². The Balaban J connectivity index is 2.19. The number of halogens is 1. The van der Waals surface area contributed by atoms with Crippen LogP contribution >= 0.6 is 15.9 Å². The normalized spacial score (nSPS) is 12.7. The third-order valence-electron chi connectivity index (χ3n) is 2.89. The van der Waals surface area contributed by atoms with E-state index in [-0.39, 0.29) is 6.04 Å². The maximum atomic E-state index is 6.25. The summed E-state index contributed by atoms with van der Waals surface area (Å²) in [5, 5.41) is 4.16. The SMILES string of the molecule is CCn1ncnc1CC(N)c1cc(C)cc(Br)c1. The van der Waals surface area contributed by atoms with Crippen molar-refractivity contribution in [1.29, 1.82) is 0 Å². The van der Waals surface area contributed by atoms with Crippen LogP contribution in [0.3, 0.4) is 0 Å². The fraction of sp³-hybridized carbons (Fsp3) is 0.385. The van der Waals surface area contributed by atoms with Gasteiger partial charge in [0.25, 0.3) is 0 Å². The molecule has 0 amide bonds. The molecule has 0 aliphatic rings. The molecule has 0 saturated carbocycles. The molecule has 1 heterocycles. The van der Waals surface area contributed by atoms with Crippen LogP contribution in [0.15, 0.2) is 29.0 Å². The van der Waals surface area contributed by atoms with Gasteiger partial charge in [-0.3, -0.25) is 4.68 Å². The predicted octanol–water partition coefficient (Wildman–Crippen LogP) is 2.61. The largest absolute Gasteiger partial charge is 0.324 e. The Hall–Kier alpha value is -1.20. The van der Waals surface area contributed by atoms with Crippen molar-refractivity contribution in [3.8, 4) is 0 Å². The predicted molar refractivity (Wildman–Crippen MR) is 75.2 cm³/mol. The lowest BCUT2D eigenvalue weighted by Gasteiger charge is -2.13. The molecule has 4 nitrogen and oxygen atoms in total. The molecule has 0 fully saturated rings. The number of nitrogens with two attached hydrogens (primary N) is 1. The van der Waals surface area contributed by atoms with Crippen LogP contribution in [0.2, 0.25) is 0 Å². The van der Waals surface area contributed by atoms with Crippen LogP contribution in [-0.2, 0) is 13.0 Å². The summed E-state index contributed by atoms with van der Waals surface area (Å²) in [6.45, 7) is 4.93.